The molecule has 0 saturated carbocycles. The lowest BCUT2D eigenvalue weighted by Crippen LogP contribution is -2.07. The van der Waals surface area contributed by atoms with E-state index in [0.29, 0.717) is 5.95 Å². The fourth-order valence-electron chi connectivity index (χ4n) is 12.9. The van der Waals surface area contributed by atoms with E-state index in [1.165, 1.54) is 54.7 Å². The number of hydrogen-bond donors (Lipinski definition) is 0. The maximum Gasteiger partial charge on any atom is 0.237 e. The van der Waals surface area contributed by atoms with Crippen LogP contribution in [0.1, 0.15) is 0 Å². The zero-order chi connectivity index (χ0) is 51.0. The van der Waals surface area contributed by atoms with Gasteiger partial charge in [-0.3, -0.25) is 9.13 Å². The van der Waals surface area contributed by atoms with Crippen molar-refractivity contribution in [2.45, 2.75) is 0 Å². The second-order valence-electron chi connectivity index (χ2n) is 20.5. The Morgan fingerprint density at radius 1 is 0.218 bits per heavy atom. The predicted octanol–water partition coefficient (Wildman–Crippen LogP) is 18.5. The van der Waals surface area contributed by atoms with Crippen LogP contribution in [0.5, 0.6) is 0 Å². The minimum absolute atomic E-state index is 0.619. The maximum atomic E-state index is 5.75. The molecule has 17 rings (SSSR count). The molecule has 0 fully saturated rings. The summed E-state index contributed by atoms with van der Waals surface area (Å²) in [6.45, 7) is 0. The molecule has 0 atom stereocenters. The van der Waals surface area contributed by atoms with E-state index in [-0.39, 0.29) is 0 Å². The molecule has 17 aromatic rings. The lowest BCUT2D eigenvalue weighted by atomic mass is 10.0. The van der Waals surface area contributed by atoms with Crippen molar-refractivity contribution in [1.82, 2.24) is 28.2 Å². The first-order chi connectivity index (χ1) is 38.7. The van der Waals surface area contributed by atoms with Crippen LogP contribution in [0.4, 0.5) is 0 Å². The average Bonchev–Trinajstić information content (AvgIpc) is 4.43. The minimum Gasteiger partial charge on any atom is -0.309 e. The summed E-state index contributed by atoms with van der Waals surface area (Å²) >= 11 is 0. The van der Waals surface area contributed by atoms with Gasteiger partial charge in [-0.1, -0.05) is 164 Å². The van der Waals surface area contributed by atoms with Crippen LogP contribution in [0.15, 0.2) is 267 Å². The Morgan fingerprint density at radius 2 is 0.564 bits per heavy atom. The molecule has 0 amide bonds. The lowest BCUT2D eigenvalue weighted by Gasteiger charge is -2.15. The van der Waals surface area contributed by atoms with Crippen molar-refractivity contribution >= 4 is 109 Å². The molecule has 5 aromatic heterocycles. The molecule has 12 aromatic carbocycles. The molecule has 0 aliphatic rings. The summed E-state index contributed by atoms with van der Waals surface area (Å²) in [6, 6.07) is 96.9. The molecule has 0 radical (unpaired) electrons. The van der Waals surface area contributed by atoms with E-state index in [4.69, 9.17) is 9.97 Å². The van der Waals surface area contributed by atoms with Gasteiger partial charge in [-0.15, -0.1) is 0 Å². The number of rotatable bonds is 6. The van der Waals surface area contributed by atoms with Gasteiger partial charge in [0.2, 0.25) is 5.95 Å². The second-order valence-corrected chi connectivity index (χ2v) is 20.5. The van der Waals surface area contributed by atoms with Gasteiger partial charge in [0.25, 0.3) is 0 Å². The third-order valence-electron chi connectivity index (χ3n) is 16.4. The summed E-state index contributed by atoms with van der Waals surface area (Å²) in [5.41, 5.74) is 16.9. The van der Waals surface area contributed by atoms with E-state index in [0.717, 1.165) is 93.6 Å². The van der Waals surface area contributed by atoms with Gasteiger partial charge in [-0.2, -0.15) is 4.98 Å². The summed E-state index contributed by atoms with van der Waals surface area (Å²) in [7, 11) is 0. The molecule has 6 nitrogen and oxygen atoms in total. The van der Waals surface area contributed by atoms with Gasteiger partial charge in [0, 0.05) is 65.2 Å². The maximum absolute atomic E-state index is 5.75. The zero-order valence-corrected chi connectivity index (χ0v) is 42.1. The van der Waals surface area contributed by atoms with E-state index in [2.05, 4.69) is 285 Å². The van der Waals surface area contributed by atoms with Crippen LogP contribution in [0.2, 0.25) is 0 Å². The largest absolute Gasteiger partial charge is 0.309 e. The number of nitrogens with zero attached hydrogens (tertiary/aromatic N) is 6. The molecule has 6 heteroatoms. The van der Waals surface area contributed by atoms with Gasteiger partial charge >= 0.3 is 0 Å². The van der Waals surface area contributed by atoms with Gasteiger partial charge in [0.05, 0.1) is 49.7 Å². The number of fused-ring (bicyclic) bond motifs is 15. The van der Waals surface area contributed by atoms with Gasteiger partial charge in [-0.25, -0.2) is 4.98 Å². The molecule has 5 heterocycles. The fraction of sp³-hybridized carbons (Fsp3) is 0. The molecular formula is C72H44N6. The molecule has 0 bridgehead atoms. The standard InChI is InChI=1S/C72H44N6/c1-3-18-50(19-4-1)75-62-27-13-9-23-53(62)58-41-46(32-37-66(58)75)48-34-39-68-60(43-48)55-25-11-15-29-64(55)77(68)71-57-36-31-45-17-7-8-22-52(45)70(57)73-72(74-71)78-65-30-16-12-26-56(65)61-44-49(35-40-69(61)78)47-33-38-67-59(42-47)54-24-10-14-28-63(54)76(67)51-20-5-2-6-21-51/h1-44H. The molecule has 0 spiro atoms. The minimum atomic E-state index is 0.619. The van der Waals surface area contributed by atoms with Crippen LogP contribution in [-0.4, -0.2) is 28.2 Å². The number of benzene rings is 12. The monoisotopic (exact) mass is 992 g/mol. The highest BCUT2D eigenvalue weighted by atomic mass is 15.2. The normalized spacial score (nSPS) is 12.1. The van der Waals surface area contributed by atoms with Crippen LogP contribution in [-0.2, 0) is 0 Å². The Balaban J connectivity index is 0.857. The zero-order valence-electron chi connectivity index (χ0n) is 42.1. The number of hydrogen-bond acceptors (Lipinski definition) is 2. The Morgan fingerprint density at radius 3 is 1.03 bits per heavy atom. The molecule has 362 valence electrons. The highest BCUT2D eigenvalue weighted by molar-refractivity contribution is 6.16. The second kappa shape index (κ2) is 16.5. The first-order valence-electron chi connectivity index (χ1n) is 26.6. The first kappa shape index (κ1) is 42.8. The van der Waals surface area contributed by atoms with Crippen molar-refractivity contribution in [3.8, 4) is 45.4 Å². The molecular weight excluding hydrogens is 949 g/mol. The van der Waals surface area contributed by atoms with Crippen LogP contribution >= 0.6 is 0 Å². The third kappa shape index (κ3) is 6.19. The van der Waals surface area contributed by atoms with Crippen molar-refractivity contribution in [2.75, 3.05) is 0 Å². The predicted molar refractivity (Wildman–Crippen MR) is 325 cm³/mol. The van der Waals surface area contributed by atoms with E-state index in [9.17, 15) is 0 Å². The van der Waals surface area contributed by atoms with Crippen LogP contribution in [0, 0.1) is 0 Å². The van der Waals surface area contributed by atoms with Crippen molar-refractivity contribution in [2.24, 2.45) is 0 Å². The van der Waals surface area contributed by atoms with Gasteiger partial charge in [0.1, 0.15) is 0 Å². The Kier molecular flexibility index (Phi) is 9.03. The summed E-state index contributed by atoms with van der Waals surface area (Å²) in [6.07, 6.45) is 0. The van der Waals surface area contributed by atoms with Crippen LogP contribution in [0.3, 0.4) is 0 Å². The molecule has 0 aliphatic heterocycles. The Labute approximate surface area is 447 Å². The van der Waals surface area contributed by atoms with Gasteiger partial charge in [-0.05, 0) is 131 Å². The number of para-hydroxylation sites is 6. The van der Waals surface area contributed by atoms with Crippen LogP contribution < -0.4 is 0 Å². The van der Waals surface area contributed by atoms with Crippen molar-refractivity contribution in [3.63, 3.8) is 0 Å². The smallest absolute Gasteiger partial charge is 0.237 e. The van der Waals surface area contributed by atoms with E-state index >= 15 is 0 Å². The summed E-state index contributed by atoms with van der Waals surface area (Å²) in [4.78, 5) is 11.3. The summed E-state index contributed by atoms with van der Waals surface area (Å²) in [5.74, 6) is 1.45. The summed E-state index contributed by atoms with van der Waals surface area (Å²) in [5, 5.41) is 12.7. The number of aromatic nitrogens is 6. The van der Waals surface area contributed by atoms with Crippen LogP contribution in [0.25, 0.3) is 154 Å². The van der Waals surface area contributed by atoms with E-state index in [1.807, 2.05) is 0 Å². The van der Waals surface area contributed by atoms with Gasteiger partial charge in [0.15, 0.2) is 5.82 Å². The lowest BCUT2D eigenvalue weighted by molar-refractivity contribution is 0.974. The molecule has 0 saturated heterocycles. The van der Waals surface area contributed by atoms with Crippen molar-refractivity contribution in [1.29, 1.82) is 0 Å². The van der Waals surface area contributed by atoms with E-state index in [1.54, 1.807) is 0 Å². The molecule has 78 heavy (non-hydrogen) atoms. The molecule has 0 unspecified atom stereocenters. The molecule has 0 N–H and O–H groups in total. The highest BCUT2D eigenvalue weighted by Crippen LogP contribution is 2.42. The van der Waals surface area contributed by atoms with Crippen molar-refractivity contribution < 1.29 is 0 Å². The Bertz CT molecular complexity index is 5330. The Hall–Kier alpha value is -10.6. The first-order valence-corrected chi connectivity index (χ1v) is 26.6. The average molecular weight is 993 g/mol. The SMILES string of the molecule is c1ccc(-n2c3ccccc3c3cc(-c4ccc5c(c4)c4ccccc4n5-c4nc(-n5c6ccccc6c6cc(-c7ccc8c(c7)c7ccccc7n8-c7ccccc7)ccc65)c5ccc6ccccc6c5n4)ccc32)cc1. The highest BCUT2D eigenvalue weighted by Gasteiger charge is 2.23. The van der Waals surface area contributed by atoms with Gasteiger partial charge < -0.3 is 9.13 Å². The third-order valence-corrected chi connectivity index (χ3v) is 16.4. The topological polar surface area (TPSA) is 45.5 Å². The summed E-state index contributed by atoms with van der Waals surface area (Å²) < 4.78 is 9.38. The van der Waals surface area contributed by atoms with Crippen molar-refractivity contribution in [3.05, 3.63) is 267 Å². The van der Waals surface area contributed by atoms with E-state index < -0.39 is 0 Å². The quantitative estimate of drug-likeness (QED) is 0.156. The molecule has 0 aliphatic carbocycles. The fourth-order valence-corrected chi connectivity index (χ4v) is 12.9.